The summed E-state index contributed by atoms with van der Waals surface area (Å²) in [6, 6.07) is 7.81. The molecule has 3 nitrogen and oxygen atoms in total. The van der Waals surface area contributed by atoms with Crippen molar-refractivity contribution in [3.8, 4) is 0 Å². The molecule has 2 N–H and O–H groups in total. The van der Waals surface area contributed by atoms with E-state index in [9.17, 15) is 4.79 Å². The highest BCUT2D eigenvalue weighted by atomic mass is 79.9. The Hall–Kier alpha value is -0.870. The van der Waals surface area contributed by atoms with Crippen LogP contribution in [-0.2, 0) is 11.2 Å². The molecule has 15 heavy (non-hydrogen) atoms. The van der Waals surface area contributed by atoms with Crippen LogP contribution in [0.3, 0.4) is 0 Å². The predicted octanol–water partition coefficient (Wildman–Crippen LogP) is 1.67. The van der Waals surface area contributed by atoms with Gasteiger partial charge in [-0.3, -0.25) is 4.79 Å². The van der Waals surface area contributed by atoms with Crippen LogP contribution in [-0.4, -0.2) is 24.2 Å². The lowest BCUT2D eigenvalue weighted by molar-refractivity contribution is -0.152. The Kier molecular flexibility index (Phi) is 2.80. The summed E-state index contributed by atoms with van der Waals surface area (Å²) < 4.78 is 1.02. The number of benzene rings is 1. The van der Waals surface area contributed by atoms with Gasteiger partial charge in [0.2, 0.25) is 0 Å². The summed E-state index contributed by atoms with van der Waals surface area (Å²) in [6.45, 7) is 1.14. The molecular formula is C11H12BrNO2. The molecule has 80 valence electrons. The van der Waals surface area contributed by atoms with E-state index in [2.05, 4.69) is 21.2 Å². The molecule has 0 aliphatic carbocycles. The van der Waals surface area contributed by atoms with E-state index >= 15 is 0 Å². The van der Waals surface area contributed by atoms with Gasteiger partial charge in [-0.15, -0.1) is 0 Å². The van der Waals surface area contributed by atoms with Crippen molar-refractivity contribution in [2.45, 2.75) is 6.42 Å². The summed E-state index contributed by atoms with van der Waals surface area (Å²) in [6.07, 6.45) is 0.600. The highest BCUT2D eigenvalue weighted by Crippen LogP contribution is 2.28. The quantitative estimate of drug-likeness (QED) is 0.878. The highest BCUT2D eigenvalue weighted by Gasteiger charge is 2.44. The van der Waals surface area contributed by atoms with Crippen LogP contribution in [0.15, 0.2) is 28.7 Å². The van der Waals surface area contributed by atoms with Gasteiger partial charge >= 0.3 is 5.97 Å². The van der Waals surface area contributed by atoms with Gasteiger partial charge in [0.15, 0.2) is 0 Å². The van der Waals surface area contributed by atoms with Crippen LogP contribution in [0.1, 0.15) is 5.56 Å². The lowest BCUT2D eigenvalue weighted by Crippen LogP contribution is -2.59. The molecule has 0 bridgehead atoms. The van der Waals surface area contributed by atoms with Crippen LogP contribution in [0.2, 0.25) is 0 Å². The second-order valence-electron chi connectivity index (χ2n) is 3.99. The van der Waals surface area contributed by atoms with Gasteiger partial charge in [-0.05, 0) is 24.1 Å². The Morgan fingerprint density at radius 2 is 2.00 bits per heavy atom. The van der Waals surface area contributed by atoms with Crippen molar-refractivity contribution in [1.82, 2.24) is 5.32 Å². The van der Waals surface area contributed by atoms with E-state index in [1.54, 1.807) is 0 Å². The van der Waals surface area contributed by atoms with Gasteiger partial charge in [-0.2, -0.15) is 0 Å². The van der Waals surface area contributed by atoms with Crippen molar-refractivity contribution in [2.24, 2.45) is 5.41 Å². The number of carboxylic acid groups (broad SMARTS) is 1. The van der Waals surface area contributed by atoms with E-state index in [0.717, 1.165) is 10.0 Å². The van der Waals surface area contributed by atoms with Crippen LogP contribution in [0, 0.1) is 5.41 Å². The zero-order valence-electron chi connectivity index (χ0n) is 8.16. The number of carboxylic acids is 1. The van der Waals surface area contributed by atoms with E-state index < -0.39 is 11.4 Å². The smallest absolute Gasteiger partial charge is 0.312 e. The number of aliphatic carboxylic acids is 1. The number of halogens is 1. The monoisotopic (exact) mass is 269 g/mol. The van der Waals surface area contributed by atoms with Gasteiger partial charge in [-0.25, -0.2) is 0 Å². The van der Waals surface area contributed by atoms with E-state index in [1.807, 2.05) is 24.3 Å². The maximum absolute atomic E-state index is 11.1. The molecule has 0 unspecified atom stereocenters. The minimum absolute atomic E-state index is 0.568. The molecule has 1 fully saturated rings. The molecule has 1 aromatic carbocycles. The molecule has 1 saturated heterocycles. The zero-order valence-corrected chi connectivity index (χ0v) is 9.75. The van der Waals surface area contributed by atoms with Gasteiger partial charge in [-0.1, -0.05) is 28.1 Å². The Morgan fingerprint density at radius 3 is 2.40 bits per heavy atom. The van der Waals surface area contributed by atoms with E-state index in [4.69, 9.17) is 5.11 Å². The minimum atomic E-state index is -0.704. The zero-order chi connectivity index (χ0) is 10.9. The number of hydrogen-bond acceptors (Lipinski definition) is 2. The van der Waals surface area contributed by atoms with Gasteiger partial charge in [0.1, 0.15) is 0 Å². The summed E-state index contributed by atoms with van der Waals surface area (Å²) in [4.78, 5) is 11.1. The Labute approximate surface area is 96.6 Å². The predicted molar refractivity (Wildman–Crippen MR) is 60.8 cm³/mol. The van der Waals surface area contributed by atoms with Crippen molar-refractivity contribution >= 4 is 21.9 Å². The normalized spacial score (nSPS) is 18.2. The first-order valence-electron chi connectivity index (χ1n) is 4.81. The number of hydrogen-bond donors (Lipinski definition) is 2. The highest BCUT2D eigenvalue weighted by molar-refractivity contribution is 9.10. The molecule has 0 atom stereocenters. The van der Waals surface area contributed by atoms with E-state index in [0.29, 0.717) is 19.5 Å². The average Bonchev–Trinajstić information content (AvgIpc) is 2.13. The van der Waals surface area contributed by atoms with Crippen molar-refractivity contribution in [2.75, 3.05) is 13.1 Å². The molecule has 0 radical (unpaired) electrons. The molecule has 1 aromatic rings. The van der Waals surface area contributed by atoms with Crippen LogP contribution < -0.4 is 5.32 Å². The summed E-state index contributed by atoms with van der Waals surface area (Å²) >= 11 is 3.36. The first-order chi connectivity index (χ1) is 7.12. The van der Waals surface area contributed by atoms with Crippen molar-refractivity contribution in [3.63, 3.8) is 0 Å². The Balaban J connectivity index is 2.13. The fraction of sp³-hybridized carbons (Fsp3) is 0.364. The van der Waals surface area contributed by atoms with Crippen LogP contribution in [0.25, 0.3) is 0 Å². The maximum Gasteiger partial charge on any atom is 0.312 e. The molecule has 4 heteroatoms. The Bertz CT molecular complexity index is 371. The number of rotatable bonds is 3. The lowest BCUT2D eigenvalue weighted by atomic mass is 9.76. The first kappa shape index (κ1) is 10.6. The average molecular weight is 270 g/mol. The first-order valence-corrected chi connectivity index (χ1v) is 5.60. The van der Waals surface area contributed by atoms with Gasteiger partial charge in [0.25, 0.3) is 0 Å². The lowest BCUT2D eigenvalue weighted by Gasteiger charge is -2.38. The summed E-state index contributed by atoms with van der Waals surface area (Å²) in [5, 5.41) is 12.2. The van der Waals surface area contributed by atoms with E-state index in [1.165, 1.54) is 0 Å². The molecule has 2 rings (SSSR count). The minimum Gasteiger partial charge on any atom is -0.481 e. The number of carbonyl (C=O) groups is 1. The van der Waals surface area contributed by atoms with Gasteiger partial charge in [0, 0.05) is 17.6 Å². The molecule has 0 spiro atoms. The fourth-order valence-electron chi connectivity index (χ4n) is 1.77. The maximum atomic E-state index is 11.1. The topological polar surface area (TPSA) is 49.3 Å². The van der Waals surface area contributed by atoms with Crippen molar-refractivity contribution < 1.29 is 9.90 Å². The van der Waals surface area contributed by atoms with Crippen molar-refractivity contribution in [3.05, 3.63) is 34.3 Å². The van der Waals surface area contributed by atoms with Crippen LogP contribution >= 0.6 is 15.9 Å². The molecule has 0 amide bonds. The Morgan fingerprint density at radius 1 is 1.40 bits per heavy atom. The van der Waals surface area contributed by atoms with Gasteiger partial charge < -0.3 is 10.4 Å². The van der Waals surface area contributed by atoms with Gasteiger partial charge in [0.05, 0.1) is 5.41 Å². The second kappa shape index (κ2) is 3.94. The molecular weight excluding hydrogens is 258 g/mol. The summed E-state index contributed by atoms with van der Waals surface area (Å²) in [5.41, 5.74) is 0.482. The summed E-state index contributed by atoms with van der Waals surface area (Å²) in [7, 11) is 0. The molecule has 1 aliphatic rings. The largest absolute Gasteiger partial charge is 0.481 e. The third-order valence-corrected chi connectivity index (χ3v) is 3.36. The second-order valence-corrected chi connectivity index (χ2v) is 4.91. The SMILES string of the molecule is O=C(O)C1(Cc2ccc(Br)cc2)CNC1. The molecule has 0 aromatic heterocycles. The third-order valence-electron chi connectivity index (χ3n) is 2.84. The molecule has 0 saturated carbocycles. The van der Waals surface area contributed by atoms with Crippen LogP contribution in [0.4, 0.5) is 0 Å². The van der Waals surface area contributed by atoms with Crippen LogP contribution in [0.5, 0.6) is 0 Å². The molecule has 1 aliphatic heterocycles. The number of nitrogens with one attached hydrogen (secondary N) is 1. The molecule has 1 heterocycles. The standard InChI is InChI=1S/C11H12BrNO2/c12-9-3-1-8(2-4-9)5-11(10(14)15)6-13-7-11/h1-4,13H,5-7H2,(H,14,15). The van der Waals surface area contributed by atoms with E-state index in [-0.39, 0.29) is 0 Å². The third kappa shape index (κ3) is 2.06. The fourth-order valence-corrected chi connectivity index (χ4v) is 2.04. The summed E-state index contributed by atoms with van der Waals surface area (Å²) in [5.74, 6) is -0.704. The van der Waals surface area contributed by atoms with Crippen molar-refractivity contribution in [1.29, 1.82) is 0 Å².